The lowest BCUT2D eigenvalue weighted by Crippen LogP contribution is -2.24. The summed E-state index contributed by atoms with van der Waals surface area (Å²) in [6.07, 6.45) is 0. The fraction of sp³-hybridized carbons (Fsp3) is 0.118. The summed E-state index contributed by atoms with van der Waals surface area (Å²) in [6.45, 7) is 1.44. The summed E-state index contributed by atoms with van der Waals surface area (Å²) < 4.78 is 0. The van der Waals surface area contributed by atoms with Crippen LogP contribution in [0.15, 0.2) is 42.5 Å². The van der Waals surface area contributed by atoms with Gasteiger partial charge in [0.15, 0.2) is 0 Å². The average Bonchev–Trinajstić information content (AvgIpc) is 2.76. The summed E-state index contributed by atoms with van der Waals surface area (Å²) >= 11 is 5.68. The number of benzene rings is 2. The maximum Gasteiger partial charge on any atom is 0.261 e. The fourth-order valence-corrected chi connectivity index (χ4v) is 2.25. The first-order chi connectivity index (χ1) is 11.3. The summed E-state index contributed by atoms with van der Waals surface area (Å²) in [6, 6.07) is 11.8. The van der Waals surface area contributed by atoms with E-state index in [1.54, 1.807) is 42.5 Å². The van der Waals surface area contributed by atoms with Crippen molar-refractivity contribution in [2.75, 3.05) is 18.1 Å². The molecule has 0 atom stereocenters. The smallest absolute Gasteiger partial charge is 0.261 e. The lowest BCUT2D eigenvalue weighted by molar-refractivity contribution is -0.114. The molecule has 6 nitrogen and oxygen atoms in total. The summed E-state index contributed by atoms with van der Waals surface area (Å²) in [5.41, 5.74) is 7.64. The van der Waals surface area contributed by atoms with Crippen LogP contribution >= 0.6 is 11.6 Å². The average molecular weight is 346 g/mol. The summed E-state index contributed by atoms with van der Waals surface area (Å²) in [4.78, 5) is 34.4. The molecule has 2 aromatic carbocycles. The monoisotopic (exact) mass is 345 g/mol. The number of anilines is 2. The molecule has 0 fully saturated rings. The number of imide groups is 1. The van der Waals surface area contributed by atoms with E-state index in [0.29, 0.717) is 27.5 Å². The Hall–Kier alpha value is -2.86. The largest absolute Gasteiger partial charge is 0.397 e. The van der Waals surface area contributed by atoms with Crippen molar-refractivity contribution in [2.24, 2.45) is 0 Å². The Balaban J connectivity index is 0.000000174. The highest BCUT2D eigenvalue weighted by Gasteiger charge is 2.31. The van der Waals surface area contributed by atoms with Gasteiger partial charge in [-0.3, -0.25) is 19.3 Å². The molecule has 3 N–H and O–H groups in total. The van der Waals surface area contributed by atoms with Crippen molar-refractivity contribution in [1.29, 1.82) is 0 Å². The third kappa shape index (κ3) is 3.72. The lowest BCUT2D eigenvalue weighted by Gasteiger charge is -2.03. The lowest BCUT2D eigenvalue weighted by atomic mass is 10.1. The molecular formula is C17H16ClN3O3. The number of nitrogens with zero attached hydrogens (tertiary/aromatic N) is 1. The van der Waals surface area contributed by atoms with Gasteiger partial charge in [0, 0.05) is 19.7 Å². The van der Waals surface area contributed by atoms with Gasteiger partial charge < -0.3 is 11.1 Å². The van der Waals surface area contributed by atoms with E-state index >= 15 is 0 Å². The van der Waals surface area contributed by atoms with Crippen LogP contribution in [-0.2, 0) is 4.79 Å². The Morgan fingerprint density at radius 2 is 1.62 bits per heavy atom. The second-order valence-corrected chi connectivity index (χ2v) is 5.54. The van der Waals surface area contributed by atoms with Gasteiger partial charge in [-0.15, -0.1) is 0 Å². The van der Waals surface area contributed by atoms with Gasteiger partial charge in [0.1, 0.15) is 0 Å². The molecule has 124 valence electrons. The van der Waals surface area contributed by atoms with Crippen LogP contribution in [0.5, 0.6) is 0 Å². The molecule has 3 rings (SSSR count). The second-order valence-electron chi connectivity index (χ2n) is 5.13. The van der Waals surface area contributed by atoms with Crippen molar-refractivity contribution in [1.82, 2.24) is 4.90 Å². The summed E-state index contributed by atoms with van der Waals surface area (Å²) in [7, 11) is 1.49. The van der Waals surface area contributed by atoms with Gasteiger partial charge in [0.05, 0.1) is 21.8 Å². The van der Waals surface area contributed by atoms with Crippen molar-refractivity contribution in [3.8, 4) is 0 Å². The van der Waals surface area contributed by atoms with E-state index < -0.39 is 0 Å². The van der Waals surface area contributed by atoms with Crippen LogP contribution < -0.4 is 11.1 Å². The predicted molar refractivity (Wildman–Crippen MR) is 93.0 cm³/mol. The van der Waals surface area contributed by atoms with E-state index in [0.717, 1.165) is 4.90 Å². The molecule has 1 aliphatic rings. The van der Waals surface area contributed by atoms with Crippen LogP contribution in [0.2, 0.25) is 5.02 Å². The Bertz CT molecular complexity index is 785. The standard InChI is InChI=1S/C9H7NO2.C8H9ClN2O/c1-10-8(11)6-4-2-3-5-7(6)9(10)12;1-5(12)11-6-2-3-7(9)8(10)4-6/h2-5H,1H3;2-4H,10H2,1H3,(H,11,12). The van der Waals surface area contributed by atoms with Gasteiger partial charge in [-0.25, -0.2) is 0 Å². The number of nitrogen functional groups attached to an aromatic ring is 1. The number of hydrogen-bond acceptors (Lipinski definition) is 4. The SMILES string of the molecule is CC(=O)Nc1ccc(Cl)c(N)c1.CN1C(=O)c2ccccc2C1=O. The highest BCUT2D eigenvalue weighted by molar-refractivity contribution is 6.33. The quantitative estimate of drug-likeness (QED) is 0.614. The zero-order valence-electron chi connectivity index (χ0n) is 13.2. The third-order valence-electron chi connectivity index (χ3n) is 3.31. The molecule has 0 saturated heterocycles. The first-order valence-electron chi connectivity index (χ1n) is 7.05. The van der Waals surface area contributed by atoms with Gasteiger partial charge in [-0.05, 0) is 30.3 Å². The Morgan fingerprint density at radius 1 is 1.08 bits per heavy atom. The molecule has 7 heteroatoms. The van der Waals surface area contributed by atoms with Crippen molar-refractivity contribution in [3.63, 3.8) is 0 Å². The highest BCUT2D eigenvalue weighted by atomic mass is 35.5. The zero-order valence-corrected chi connectivity index (χ0v) is 13.9. The van der Waals surface area contributed by atoms with Crippen molar-refractivity contribution < 1.29 is 14.4 Å². The maximum absolute atomic E-state index is 11.3. The first-order valence-corrected chi connectivity index (χ1v) is 7.43. The molecule has 0 aromatic heterocycles. The molecular weight excluding hydrogens is 330 g/mol. The number of nitrogens with two attached hydrogens (primary N) is 1. The van der Waals surface area contributed by atoms with E-state index in [4.69, 9.17) is 17.3 Å². The van der Waals surface area contributed by atoms with Crippen LogP contribution in [0, 0.1) is 0 Å². The van der Waals surface area contributed by atoms with Crippen molar-refractivity contribution in [2.45, 2.75) is 6.92 Å². The van der Waals surface area contributed by atoms with Crippen LogP contribution in [0.25, 0.3) is 0 Å². The minimum atomic E-state index is -0.212. The molecule has 1 heterocycles. The van der Waals surface area contributed by atoms with Gasteiger partial charge in [-0.2, -0.15) is 0 Å². The first kappa shape index (κ1) is 17.5. The van der Waals surface area contributed by atoms with Crippen LogP contribution in [0.1, 0.15) is 27.6 Å². The number of amides is 3. The summed E-state index contributed by atoms with van der Waals surface area (Å²) in [5.74, 6) is -0.553. The molecule has 0 spiro atoms. The molecule has 0 aliphatic carbocycles. The molecule has 0 bridgehead atoms. The molecule has 24 heavy (non-hydrogen) atoms. The zero-order chi connectivity index (χ0) is 17.9. The van der Waals surface area contributed by atoms with Gasteiger partial charge >= 0.3 is 0 Å². The molecule has 0 saturated carbocycles. The molecule has 0 radical (unpaired) electrons. The van der Waals surface area contributed by atoms with Gasteiger partial charge in [0.25, 0.3) is 11.8 Å². The van der Waals surface area contributed by atoms with E-state index in [9.17, 15) is 14.4 Å². The minimum Gasteiger partial charge on any atom is -0.397 e. The summed E-state index contributed by atoms with van der Waals surface area (Å²) in [5, 5.41) is 3.09. The van der Waals surface area contributed by atoms with Gasteiger partial charge in [0.2, 0.25) is 5.91 Å². The number of hydrogen-bond donors (Lipinski definition) is 2. The van der Waals surface area contributed by atoms with Crippen molar-refractivity contribution >= 4 is 40.7 Å². The van der Waals surface area contributed by atoms with Gasteiger partial charge in [-0.1, -0.05) is 23.7 Å². The highest BCUT2D eigenvalue weighted by Crippen LogP contribution is 2.22. The molecule has 3 amide bonds. The van der Waals surface area contributed by atoms with E-state index in [-0.39, 0.29) is 17.7 Å². The minimum absolute atomic E-state index is 0.128. The Kier molecular flexibility index (Phi) is 5.21. The Morgan fingerprint density at radius 3 is 2.08 bits per heavy atom. The van der Waals surface area contributed by atoms with Crippen molar-refractivity contribution in [3.05, 3.63) is 58.6 Å². The van der Waals surface area contributed by atoms with E-state index in [2.05, 4.69) is 5.32 Å². The normalized spacial score (nSPS) is 12.4. The second kappa shape index (κ2) is 7.14. The van der Waals surface area contributed by atoms with Crippen LogP contribution in [0.3, 0.4) is 0 Å². The number of carbonyl (C=O) groups excluding carboxylic acids is 3. The number of fused-ring (bicyclic) bond motifs is 1. The topological polar surface area (TPSA) is 92.5 Å². The third-order valence-corrected chi connectivity index (χ3v) is 3.66. The molecule has 0 unspecified atom stereocenters. The fourth-order valence-electron chi connectivity index (χ4n) is 2.13. The number of halogens is 1. The molecule has 1 aliphatic heterocycles. The number of nitrogens with one attached hydrogen (secondary N) is 1. The van der Waals surface area contributed by atoms with E-state index in [1.165, 1.54) is 14.0 Å². The predicted octanol–water partition coefficient (Wildman–Crippen LogP) is 2.79. The van der Waals surface area contributed by atoms with Crippen LogP contribution in [-0.4, -0.2) is 29.7 Å². The number of carbonyl (C=O) groups is 3. The number of rotatable bonds is 1. The van der Waals surface area contributed by atoms with E-state index in [1.807, 2.05) is 0 Å². The maximum atomic E-state index is 11.3. The Labute approximate surface area is 144 Å². The van der Waals surface area contributed by atoms with Crippen LogP contribution in [0.4, 0.5) is 11.4 Å². The molecule has 2 aromatic rings.